The van der Waals surface area contributed by atoms with Crippen LogP contribution in [0.15, 0.2) is 4.99 Å². The lowest BCUT2D eigenvalue weighted by molar-refractivity contribution is 0.0800. The molecule has 0 spiro atoms. The van der Waals surface area contributed by atoms with Crippen molar-refractivity contribution in [3.05, 3.63) is 0 Å². The van der Waals surface area contributed by atoms with E-state index in [0.29, 0.717) is 11.8 Å². The number of aliphatic hydroxyl groups is 1. The van der Waals surface area contributed by atoms with Gasteiger partial charge in [0.2, 0.25) is 0 Å². The minimum Gasteiger partial charge on any atom is -0.393 e. The van der Waals surface area contributed by atoms with Crippen LogP contribution in [0.1, 0.15) is 51.4 Å². The number of nitrogens with two attached hydrogens (primary N) is 1. The molecule has 102 valence electrons. The summed E-state index contributed by atoms with van der Waals surface area (Å²) in [4.78, 5) is 3.90. The number of hydrogen-bond donors (Lipinski definition) is 3. The first-order valence-corrected chi connectivity index (χ1v) is 7.21. The molecule has 2 saturated carbocycles. The summed E-state index contributed by atoms with van der Waals surface area (Å²) in [5.41, 5.74) is 5.87. The molecule has 0 aromatic carbocycles. The largest absolute Gasteiger partial charge is 0.393 e. The van der Waals surface area contributed by atoms with Crippen molar-refractivity contribution in [2.24, 2.45) is 28.5 Å². The van der Waals surface area contributed by atoms with Crippen LogP contribution in [0.4, 0.5) is 0 Å². The third-order valence-electron chi connectivity index (χ3n) is 4.81. The average Bonchev–Trinajstić information content (AvgIpc) is 2.40. The van der Waals surface area contributed by atoms with Crippen LogP contribution in [-0.2, 0) is 0 Å². The quantitative estimate of drug-likeness (QED) is 0.531. The molecule has 4 heteroatoms. The van der Waals surface area contributed by atoms with E-state index >= 15 is 0 Å². The van der Waals surface area contributed by atoms with Gasteiger partial charge in [0.05, 0.1) is 6.10 Å². The summed E-state index contributed by atoms with van der Waals surface area (Å²) in [6, 6.07) is 0. The zero-order chi connectivity index (χ0) is 13.0. The van der Waals surface area contributed by atoms with Gasteiger partial charge in [-0.25, -0.2) is 4.99 Å². The Bertz CT molecular complexity index is 300. The van der Waals surface area contributed by atoms with Gasteiger partial charge < -0.3 is 10.8 Å². The number of amidine groups is 1. The van der Waals surface area contributed by atoms with Crippen LogP contribution in [0.5, 0.6) is 0 Å². The topological polar surface area (TPSA) is 82.5 Å². The maximum absolute atomic E-state index is 9.55. The van der Waals surface area contributed by atoms with Crippen LogP contribution < -0.4 is 5.73 Å². The summed E-state index contributed by atoms with van der Waals surface area (Å²) in [6.45, 7) is 0. The van der Waals surface area contributed by atoms with Crippen LogP contribution in [-0.4, -0.2) is 23.4 Å². The van der Waals surface area contributed by atoms with Crippen molar-refractivity contribution in [1.29, 1.82) is 5.41 Å². The molecule has 2 aliphatic carbocycles. The van der Waals surface area contributed by atoms with Crippen LogP contribution in [0.25, 0.3) is 0 Å². The second-order valence-corrected chi connectivity index (χ2v) is 5.86. The number of nitrogens with zero attached hydrogens (tertiary/aromatic N) is 1. The lowest BCUT2D eigenvalue weighted by atomic mass is 9.70. The molecule has 0 heterocycles. The van der Waals surface area contributed by atoms with Gasteiger partial charge in [-0.1, -0.05) is 0 Å². The van der Waals surface area contributed by atoms with E-state index in [1.165, 1.54) is 25.7 Å². The normalized spacial score (nSPS) is 38.4. The molecule has 0 aromatic rings. The molecule has 4 N–H and O–H groups in total. The van der Waals surface area contributed by atoms with Gasteiger partial charge in [0, 0.05) is 5.92 Å². The van der Waals surface area contributed by atoms with Gasteiger partial charge in [-0.05, 0) is 63.2 Å². The molecule has 4 nitrogen and oxygen atoms in total. The predicted molar refractivity (Wildman–Crippen MR) is 73.8 cm³/mol. The molecule has 0 aromatic heterocycles. The van der Waals surface area contributed by atoms with E-state index in [2.05, 4.69) is 4.99 Å². The Morgan fingerprint density at radius 3 is 2.00 bits per heavy atom. The average molecular weight is 251 g/mol. The van der Waals surface area contributed by atoms with Crippen LogP contribution in [0, 0.1) is 23.2 Å². The van der Waals surface area contributed by atoms with Crippen molar-refractivity contribution in [2.45, 2.75) is 57.5 Å². The zero-order valence-electron chi connectivity index (χ0n) is 11.0. The number of aliphatic hydroxyl groups excluding tert-OH is 1. The number of hydrogen-bond acceptors (Lipinski definition) is 2. The number of rotatable bonds is 3. The smallest absolute Gasteiger partial charge is 0.109 e. The lowest BCUT2D eigenvalue weighted by Crippen LogP contribution is -2.32. The van der Waals surface area contributed by atoms with E-state index in [-0.39, 0.29) is 6.10 Å². The molecule has 0 saturated heterocycles. The van der Waals surface area contributed by atoms with E-state index in [9.17, 15) is 5.11 Å². The highest BCUT2D eigenvalue weighted by Crippen LogP contribution is 2.39. The third kappa shape index (κ3) is 3.31. The number of nitrogens with one attached hydrogen (secondary N) is 1. The maximum atomic E-state index is 9.55. The van der Waals surface area contributed by atoms with E-state index < -0.39 is 0 Å². The third-order valence-corrected chi connectivity index (χ3v) is 4.81. The summed E-state index contributed by atoms with van der Waals surface area (Å²) >= 11 is 0. The Kier molecular flexibility index (Phi) is 4.75. The van der Waals surface area contributed by atoms with Gasteiger partial charge in [-0.15, -0.1) is 0 Å². The van der Waals surface area contributed by atoms with Gasteiger partial charge in [-0.3, -0.25) is 5.41 Å². The molecule has 0 unspecified atom stereocenters. The fraction of sp³-hybridized carbons (Fsp3) is 0.857. The zero-order valence-corrected chi connectivity index (χ0v) is 11.0. The Balaban J connectivity index is 1.79. The van der Waals surface area contributed by atoms with Gasteiger partial charge in [0.15, 0.2) is 0 Å². The Morgan fingerprint density at radius 1 is 1.00 bits per heavy atom. The van der Waals surface area contributed by atoms with Gasteiger partial charge >= 0.3 is 0 Å². The highest BCUT2D eigenvalue weighted by Gasteiger charge is 2.31. The minimum atomic E-state index is -0.0482. The van der Waals surface area contributed by atoms with Crippen molar-refractivity contribution < 1.29 is 5.11 Å². The molecule has 0 bridgehead atoms. The highest BCUT2D eigenvalue weighted by molar-refractivity contribution is 5.88. The van der Waals surface area contributed by atoms with Crippen molar-refractivity contribution in [3.63, 3.8) is 0 Å². The summed E-state index contributed by atoms with van der Waals surface area (Å²) in [7, 11) is 0. The Labute approximate surface area is 109 Å². The van der Waals surface area contributed by atoms with Crippen molar-refractivity contribution in [3.8, 4) is 0 Å². The molecule has 0 radical (unpaired) electrons. The standard InChI is InChI=1S/C14H25N3O/c15-9-17-14(16)12-3-1-10(2-4-12)11-5-7-13(18)8-6-11/h9-13,18H,1-8H2,(H3,15,16,17). The molecular formula is C14H25N3O. The fourth-order valence-electron chi connectivity index (χ4n) is 3.64. The second-order valence-electron chi connectivity index (χ2n) is 5.86. The van der Waals surface area contributed by atoms with Crippen molar-refractivity contribution >= 4 is 12.2 Å². The van der Waals surface area contributed by atoms with Gasteiger partial charge in [0.1, 0.15) is 12.2 Å². The van der Waals surface area contributed by atoms with E-state index in [4.69, 9.17) is 11.1 Å². The highest BCUT2D eigenvalue weighted by atomic mass is 16.3. The first-order chi connectivity index (χ1) is 8.70. The molecule has 2 fully saturated rings. The lowest BCUT2D eigenvalue weighted by Gasteiger charge is -2.36. The molecule has 0 aliphatic heterocycles. The van der Waals surface area contributed by atoms with Crippen molar-refractivity contribution in [2.75, 3.05) is 0 Å². The number of aliphatic imine (C=N–C) groups is 1. The summed E-state index contributed by atoms with van der Waals surface area (Å²) < 4.78 is 0. The van der Waals surface area contributed by atoms with E-state index in [1.54, 1.807) is 0 Å². The molecule has 0 amide bonds. The molecular weight excluding hydrogens is 226 g/mol. The maximum Gasteiger partial charge on any atom is 0.109 e. The fourth-order valence-corrected chi connectivity index (χ4v) is 3.64. The van der Waals surface area contributed by atoms with Crippen LogP contribution >= 0.6 is 0 Å². The minimum absolute atomic E-state index is 0.0482. The summed E-state index contributed by atoms with van der Waals surface area (Å²) in [6.07, 6.45) is 10.1. The summed E-state index contributed by atoms with van der Waals surface area (Å²) in [5, 5.41) is 16.5. The van der Waals surface area contributed by atoms with E-state index in [1.807, 2.05) is 0 Å². The van der Waals surface area contributed by atoms with Gasteiger partial charge in [-0.2, -0.15) is 0 Å². The monoisotopic (exact) mass is 251 g/mol. The predicted octanol–water partition coefficient (Wildman–Crippen LogP) is 2.31. The van der Waals surface area contributed by atoms with E-state index in [0.717, 1.165) is 43.9 Å². The van der Waals surface area contributed by atoms with Crippen LogP contribution in [0.2, 0.25) is 0 Å². The molecule has 18 heavy (non-hydrogen) atoms. The Hall–Kier alpha value is -0.900. The molecule has 0 atom stereocenters. The Morgan fingerprint density at radius 2 is 1.50 bits per heavy atom. The second kappa shape index (κ2) is 6.32. The molecule has 2 aliphatic rings. The first-order valence-electron chi connectivity index (χ1n) is 7.21. The first kappa shape index (κ1) is 13.5. The summed E-state index contributed by atoms with van der Waals surface area (Å²) in [5.74, 6) is 2.66. The SMILES string of the molecule is N=CN=C(N)C1CCC(C2CCC(O)CC2)CC1. The van der Waals surface area contributed by atoms with Crippen molar-refractivity contribution in [1.82, 2.24) is 0 Å². The van der Waals surface area contributed by atoms with Crippen LogP contribution in [0.3, 0.4) is 0 Å². The van der Waals surface area contributed by atoms with Gasteiger partial charge in [0.25, 0.3) is 0 Å². The molecule has 2 rings (SSSR count).